The van der Waals surface area contributed by atoms with E-state index < -0.39 is 15.4 Å². The number of likely N-dealkylation sites (tertiary alicyclic amines) is 1. The van der Waals surface area contributed by atoms with Crippen LogP contribution in [0.2, 0.25) is 0 Å². The fourth-order valence-electron chi connectivity index (χ4n) is 3.04. The largest absolute Gasteiger partial charge is 0.349 e. The zero-order chi connectivity index (χ0) is 14.8. The van der Waals surface area contributed by atoms with Gasteiger partial charge in [-0.3, -0.25) is 9.69 Å². The molecule has 0 bridgehead atoms. The van der Waals surface area contributed by atoms with E-state index in [9.17, 15) is 18.0 Å². The SMILES string of the molecule is CC1(NC(=O)CN2CCCCC2C=O)CCS(=O)(=O)C1. The van der Waals surface area contributed by atoms with Gasteiger partial charge in [-0.05, 0) is 32.7 Å². The zero-order valence-corrected chi connectivity index (χ0v) is 12.6. The van der Waals surface area contributed by atoms with Gasteiger partial charge in [0.25, 0.3) is 0 Å². The molecule has 1 amide bonds. The molecule has 2 saturated heterocycles. The van der Waals surface area contributed by atoms with Crippen LogP contribution in [0.4, 0.5) is 0 Å². The van der Waals surface area contributed by atoms with Crippen molar-refractivity contribution in [2.45, 2.75) is 44.2 Å². The standard InChI is InChI=1S/C13H22N2O4S/c1-13(5-7-20(18,19)10-13)14-12(17)8-15-6-3-2-4-11(15)9-16/h9,11H,2-8,10H2,1H3,(H,14,17). The van der Waals surface area contributed by atoms with E-state index in [2.05, 4.69) is 5.32 Å². The second-order valence-corrected chi connectivity index (χ2v) is 8.30. The zero-order valence-electron chi connectivity index (χ0n) is 11.8. The molecule has 0 aromatic carbocycles. The number of nitrogens with zero attached hydrogens (tertiary/aromatic N) is 1. The molecule has 0 aromatic rings. The molecule has 2 heterocycles. The Kier molecular flexibility index (Phi) is 4.49. The summed E-state index contributed by atoms with van der Waals surface area (Å²) in [5.41, 5.74) is -0.664. The molecule has 2 unspecified atom stereocenters. The lowest BCUT2D eigenvalue weighted by Gasteiger charge is -2.33. The maximum absolute atomic E-state index is 12.1. The lowest BCUT2D eigenvalue weighted by molar-refractivity contribution is -0.125. The van der Waals surface area contributed by atoms with Crippen LogP contribution in [0.5, 0.6) is 0 Å². The van der Waals surface area contributed by atoms with Crippen LogP contribution in [0.3, 0.4) is 0 Å². The van der Waals surface area contributed by atoms with E-state index in [0.29, 0.717) is 6.42 Å². The van der Waals surface area contributed by atoms with Crippen molar-refractivity contribution in [2.75, 3.05) is 24.6 Å². The van der Waals surface area contributed by atoms with Crippen LogP contribution in [0.25, 0.3) is 0 Å². The Balaban J connectivity index is 1.90. The smallest absolute Gasteiger partial charge is 0.234 e. The molecule has 114 valence electrons. The summed E-state index contributed by atoms with van der Waals surface area (Å²) in [6.45, 7) is 2.67. The van der Waals surface area contributed by atoms with Crippen LogP contribution in [0, 0.1) is 0 Å². The number of rotatable bonds is 4. The number of hydrogen-bond acceptors (Lipinski definition) is 5. The normalized spacial score (nSPS) is 33.8. The Hall–Kier alpha value is -0.950. The van der Waals surface area contributed by atoms with Crippen LogP contribution in [0.15, 0.2) is 0 Å². The van der Waals surface area contributed by atoms with Gasteiger partial charge in [-0.25, -0.2) is 8.42 Å². The van der Waals surface area contributed by atoms with Gasteiger partial charge in [-0.15, -0.1) is 0 Å². The summed E-state index contributed by atoms with van der Waals surface area (Å²) in [4.78, 5) is 24.9. The number of hydrogen-bond donors (Lipinski definition) is 1. The summed E-state index contributed by atoms with van der Waals surface area (Å²) in [7, 11) is -3.03. The molecule has 0 spiro atoms. The van der Waals surface area contributed by atoms with Crippen molar-refractivity contribution in [3.63, 3.8) is 0 Å². The fourth-order valence-corrected chi connectivity index (χ4v) is 5.13. The predicted molar refractivity (Wildman–Crippen MR) is 75.1 cm³/mol. The molecule has 2 rings (SSSR count). The number of sulfone groups is 1. The lowest BCUT2D eigenvalue weighted by Crippen LogP contribution is -2.52. The van der Waals surface area contributed by atoms with E-state index in [1.165, 1.54) is 0 Å². The number of piperidine rings is 1. The Morgan fingerprint density at radius 3 is 2.80 bits per heavy atom. The van der Waals surface area contributed by atoms with E-state index in [-0.39, 0.29) is 30.0 Å². The predicted octanol–water partition coefficient (Wildman–Crippen LogP) is -0.267. The molecule has 2 aliphatic rings. The number of aldehydes is 1. The maximum atomic E-state index is 12.1. The summed E-state index contributed by atoms with van der Waals surface area (Å²) in [6.07, 6.45) is 4.15. The van der Waals surface area contributed by atoms with Gasteiger partial charge >= 0.3 is 0 Å². The minimum absolute atomic E-state index is 0.00283. The minimum Gasteiger partial charge on any atom is -0.349 e. The topological polar surface area (TPSA) is 83.6 Å². The van der Waals surface area contributed by atoms with Crippen molar-refractivity contribution < 1.29 is 18.0 Å². The Bertz CT molecular complexity index is 491. The molecule has 0 saturated carbocycles. The van der Waals surface area contributed by atoms with Crippen LogP contribution in [0.1, 0.15) is 32.6 Å². The monoisotopic (exact) mass is 302 g/mol. The van der Waals surface area contributed by atoms with E-state index in [0.717, 1.165) is 32.1 Å². The van der Waals surface area contributed by atoms with E-state index in [1.807, 2.05) is 4.90 Å². The van der Waals surface area contributed by atoms with Gasteiger partial charge in [0.15, 0.2) is 9.84 Å². The molecule has 2 atom stereocenters. The van der Waals surface area contributed by atoms with Crippen LogP contribution in [-0.2, 0) is 19.4 Å². The average molecular weight is 302 g/mol. The maximum Gasteiger partial charge on any atom is 0.234 e. The molecule has 2 aliphatic heterocycles. The molecule has 20 heavy (non-hydrogen) atoms. The van der Waals surface area contributed by atoms with Gasteiger partial charge in [0.1, 0.15) is 6.29 Å². The summed E-state index contributed by atoms with van der Waals surface area (Å²) >= 11 is 0. The van der Waals surface area contributed by atoms with Crippen molar-refractivity contribution in [3.8, 4) is 0 Å². The third-order valence-electron chi connectivity index (χ3n) is 4.11. The highest BCUT2D eigenvalue weighted by molar-refractivity contribution is 7.91. The first kappa shape index (κ1) is 15.4. The van der Waals surface area contributed by atoms with Crippen molar-refractivity contribution in [1.82, 2.24) is 10.2 Å². The van der Waals surface area contributed by atoms with Gasteiger partial charge in [-0.1, -0.05) is 6.42 Å². The quantitative estimate of drug-likeness (QED) is 0.723. The highest BCUT2D eigenvalue weighted by Gasteiger charge is 2.39. The van der Waals surface area contributed by atoms with Gasteiger partial charge < -0.3 is 10.1 Å². The summed E-state index contributed by atoms with van der Waals surface area (Å²) in [5, 5.41) is 2.83. The minimum atomic E-state index is -3.03. The number of nitrogens with one attached hydrogen (secondary N) is 1. The molecule has 7 heteroatoms. The molecule has 0 aliphatic carbocycles. The van der Waals surface area contributed by atoms with E-state index in [4.69, 9.17) is 0 Å². The molecular weight excluding hydrogens is 280 g/mol. The number of amides is 1. The third kappa shape index (κ3) is 3.79. The van der Waals surface area contributed by atoms with E-state index in [1.54, 1.807) is 6.92 Å². The van der Waals surface area contributed by atoms with E-state index >= 15 is 0 Å². The highest BCUT2D eigenvalue weighted by atomic mass is 32.2. The second kappa shape index (κ2) is 5.81. The first-order valence-electron chi connectivity index (χ1n) is 7.04. The summed E-state index contributed by atoms with van der Waals surface area (Å²) in [5.74, 6) is -0.0637. The van der Waals surface area contributed by atoms with Crippen LogP contribution in [-0.4, -0.2) is 61.7 Å². The molecule has 0 radical (unpaired) electrons. The third-order valence-corrected chi connectivity index (χ3v) is 6.02. The molecule has 6 nitrogen and oxygen atoms in total. The molecule has 0 aromatic heterocycles. The highest BCUT2D eigenvalue weighted by Crippen LogP contribution is 2.23. The summed E-state index contributed by atoms with van der Waals surface area (Å²) in [6, 6.07) is -0.186. The van der Waals surface area contributed by atoms with Crippen molar-refractivity contribution in [1.29, 1.82) is 0 Å². The van der Waals surface area contributed by atoms with Crippen molar-refractivity contribution >= 4 is 22.0 Å². The lowest BCUT2D eigenvalue weighted by atomic mass is 10.0. The average Bonchev–Trinajstić information content (AvgIpc) is 2.63. The fraction of sp³-hybridized carbons (Fsp3) is 0.846. The van der Waals surface area contributed by atoms with Gasteiger partial charge in [0.05, 0.1) is 29.6 Å². The van der Waals surface area contributed by atoms with Crippen LogP contribution < -0.4 is 5.32 Å². The molecule has 1 N–H and O–H groups in total. The first-order valence-corrected chi connectivity index (χ1v) is 8.86. The van der Waals surface area contributed by atoms with Gasteiger partial charge in [-0.2, -0.15) is 0 Å². The Labute approximate surface area is 119 Å². The number of carbonyl (C=O) groups is 2. The summed E-state index contributed by atoms with van der Waals surface area (Å²) < 4.78 is 23.0. The Morgan fingerprint density at radius 1 is 1.45 bits per heavy atom. The van der Waals surface area contributed by atoms with Crippen molar-refractivity contribution in [2.24, 2.45) is 0 Å². The second-order valence-electron chi connectivity index (χ2n) is 6.12. The molecular formula is C13H22N2O4S. The van der Waals surface area contributed by atoms with Crippen molar-refractivity contribution in [3.05, 3.63) is 0 Å². The van der Waals surface area contributed by atoms with Gasteiger partial charge in [0.2, 0.25) is 5.91 Å². The molecule has 2 fully saturated rings. The van der Waals surface area contributed by atoms with Gasteiger partial charge in [0, 0.05) is 0 Å². The van der Waals surface area contributed by atoms with Crippen LogP contribution >= 0.6 is 0 Å². The first-order chi connectivity index (χ1) is 9.34. The Morgan fingerprint density at radius 2 is 2.20 bits per heavy atom. The number of carbonyl (C=O) groups excluding carboxylic acids is 2.